The molecular formula is C21H19BrN2O4. The van der Waals surface area contributed by atoms with Crippen molar-refractivity contribution in [3.8, 4) is 5.75 Å². The van der Waals surface area contributed by atoms with Gasteiger partial charge in [-0.25, -0.2) is 0 Å². The summed E-state index contributed by atoms with van der Waals surface area (Å²) in [6.45, 7) is 2.00. The molecule has 3 aromatic rings. The molecular weight excluding hydrogens is 424 g/mol. The number of anilines is 1. The molecule has 0 bridgehead atoms. The number of nitrogens with one attached hydrogen (secondary N) is 2. The van der Waals surface area contributed by atoms with Crippen LogP contribution in [0.3, 0.4) is 0 Å². The minimum Gasteiger partial charge on any atom is -0.483 e. The number of amides is 2. The minimum atomic E-state index is -0.353. The zero-order chi connectivity index (χ0) is 19.9. The number of hydrogen-bond acceptors (Lipinski definition) is 4. The van der Waals surface area contributed by atoms with Gasteiger partial charge in [-0.05, 0) is 55.0 Å². The van der Waals surface area contributed by atoms with Gasteiger partial charge >= 0.3 is 0 Å². The first-order valence-electron chi connectivity index (χ1n) is 8.61. The highest BCUT2D eigenvalue weighted by Crippen LogP contribution is 2.22. The van der Waals surface area contributed by atoms with Crippen molar-refractivity contribution in [1.29, 1.82) is 0 Å². The molecule has 0 fully saturated rings. The van der Waals surface area contributed by atoms with Gasteiger partial charge in [-0.2, -0.15) is 0 Å². The minimum absolute atomic E-state index is 0.162. The zero-order valence-electron chi connectivity index (χ0n) is 15.2. The Balaban J connectivity index is 1.60. The quantitative estimate of drug-likeness (QED) is 0.571. The van der Waals surface area contributed by atoms with Gasteiger partial charge in [0.2, 0.25) is 0 Å². The molecule has 1 heterocycles. The Labute approximate surface area is 171 Å². The second kappa shape index (κ2) is 9.23. The van der Waals surface area contributed by atoms with Crippen molar-refractivity contribution in [2.45, 2.75) is 13.5 Å². The molecule has 0 aliphatic rings. The summed E-state index contributed by atoms with van der Waals surface area (Å²) >= 11 is 3.39. The lowest BCUT2D eigenvalue weighted by Gasteiger charge is -2.12. The number of hydrogen-bond donors (Lipinski definition) is 2. The number of halogens is 1. The summed E-state index contributed by atoms with van der Waals surface area (Å²) in [4.78, 5) is 24.7. The molecule has 2 aromatic carbocycles. The Bertz CT molecular complexity index is 970. The molecule has 7 heteroatoms. The van der Waals surface area contributed by atoms with Crippen LogP contribution in [0.1, 0.15) is 21.7 Å². The van der Waals surface area contributed by atoms with E-state index in [1.165, 1.54) is 0 Å². The fourth-order valence-corrected chi connectivity index (χ4v) is 3.05. The number of aryl methyl sites for hydroxylation is 1. The van der Waals surface area contributed by atoms with E-state index in [1.807, 2.05) is 19.1 Å². The number of benzene rings is 2. The number of para-hydroxylation sites is 1. The highest BCUT2D eigenvalue weighted by molar-refractivity contribution is 9.10. The maximum atomic E-state index is 12.5. The molecule has 0 spiro atoms. The van der Waals surface area contributed by atoms with Crippen LogP contribution in [0.25, 0.3) is 0 Å². The molecule has 0 aliphatic carbocycles. The molecule has 0 saturated carbocycles. The molecule has 3 rings (SSSR count). The van der Waals surface area contributed by atoms with Gasteiger partial charge in [-0.1, -0.05) is 28.1 Å². The highest BCUT2D eigenvalue weighted by atomic mass is 79.9. The van der Waals surface area contributed by atoms with Gasteiger partial charge in [-0.15, -0.1) is 0 Å². The van der Waals surface area contributed by atoms with E-state index in [0.717, 1.165) is 10.0 Å². The predicted molar refractivity (Wildman–Crippen MR) is 109 cm³/mol. The van der Waals surface area contributed by atoms with E-state index >= 15 is 0 Å². The van der Waals surface area contributed by atoms with E-state index in [2.05, 4.69) is 26.6 Å². The van der Waals surface area contributed by atoms with Crippen LogP contribution in [0.5, 0.6) is 5.75 Å². The van der Waals surface area contributed by atoms with Gasteiger partial charge in [0.05, 0.1) is 24.1 Å². The van der Waals surface area contributed by atoms with E-state index in [9.17, 15) is 9.59 Å². The maximum Gasteiger partial charge on any atom is 0.262 e. The van der Waals surface area contributed by atoms with Crippen molar-refractivity contribution in [1.82, 2.24) is 5.32 Å². The van der Waals surface area contributed by atoms with E-state index in [0.29, 0.717) is 22.8 Å². The SMILES string of the molecule is Cc1cc(Br)ccc1OCC(=O)Nc1ccccc1C(=O)NCc1ccco1. The monoisotopic (exact) mass is 442 g/mol. The summed E-state index contributed by atoms with van der Waals surface area (Å²) in [5.41, 5.74) is 1.70. The molecule has 0 saturated heterocycles. The third-order valence-electron chi connectivity index (χ3n) is 3.94. The molecule has 2 amide bonds. The highest BCUT2D eigenvalue weighted by Gasteiger charge is 2.14. The van der Waals surface area contributed by atoms with E-state index in [4.69, 9.17) is 9.15 Å². The van der Waals surface area contributed by atoms with Crippen molar-refractivity contribution >= 4 is 33.4 Å². The first-order chi connectivity index (χ1) is 13.5. The molecule has 28 heavy (non-hydrogen) atoms. The summed E-state index contributed by atoms with van der Waals surface area (Å²) in [7, 11) is 0. The number of ether oxygens (including phenoxy) is 1. The zero-order valence-corrected chi connectivity index (χ0v) is 16.8. The summed E-state index contributed by atoms with van der Waals surface area (Å²) in [6.07, 6.45) is 1.54. The van der Waals surface area contributed by atoms with Crippen LogP contribution in [-0.2, 0) is 11.3 Å². The van der Waals surface area contributed by atoms with Crippen LogP contribution in [0.15, 0.2) is 69.8 Å². The van der Waals surface area contributed by atoms with Crippen LogP contribution < -0.4 is 15.4 Å². The fraction of sp³-hybridized carbons (Fsp3) is 0.143. The average Bonchev–Trinajstić information content (AvgIpc) is 3.19. The van der Waals surface area contributed by atoms with Crippen LogP contribution >= 0.6 is 15.9 Å². The maximum absolute atomic E-state index is 12.5. The lowest BCUT2D eigenvalue weighted by atomic mass is 10.1. The van der Waals surface area contributed by atoms with Crippen molar-refractivity contribution in [3.05, 3.63) is 82.2 Å². The first-order valence-corrected chi connectivity index (χ1v) is 9.40. The normalized spacial score (nSPS) is 10.4. The summed E-state index contributed by atoms with van der Waals surface area (Å²) in [5, 5.41) is 5.49. The Morgan fingerprint density at radius 1 is 1.11 bits per heavy atom. The Kier molecular flexibility index (Phi) is 6.49. The standard InChI is InChI=1S/C21H19BrN2O4/c1-14-11-15(22)8-9-19(14)28-13-20(25)24-18-7-3-2-6-17(18)21(26)23-12-16-5-4-10-27-16/h2-11H,12-13H2,1H3,(H,23,26)(H,24,25). The van der Waals surface area contributed by atoms with Gasteiger partial charge in [0.15, 0.2) is 6.61 Å². The number of carbonyl (C=O) groups is 2. The molecule has 0 radical (unpaired) electrons. The number of furan rings is 1. The molecule has 0 atom stereocenters. The summed E-state index contributed by atoms with van der Waals surface area (Å²) in [6, 6.07) is 15.9. The first kappa shape index (κ1) is 19.7. The Morgan fingerprint density at radius 2 is 1.93 bits per heavy atom. The third kappa shape index (κ3) is 5.23. The fourth-order valence-electron chi connectivity index (χ4n) is 2.57. The second-order valence-corrected chi connectivity index (χ2v) is 6.97. The lowest BCUT2D eigenvalue weighted by molar-refractivity contribution is -0.118. The van der Waals surface area contributed by atoms with Crippen LogP contribution in [0.2, 0.25) is 0 Å². The van der Waals surface area contributed by atoms with Gasteiger partial charge in [0.25, 0.3) is 11.8 Å². The van der Waals surface area contributed by atoms with Crippen molar-refractivity contribution < 1.29 is 18.7 Å². The average molecular weight is 443 g/mol. The molecule has 144 valence electrons. The largest absolute Gasteiger partial charge is 0.483 e. The van der Waals surface area contributed by atoms with E-state index in [1.54, 1.807) is 48.7 Å². The number of rotatable bonds is 7. The van der Waals surface area contributed by atoms with Gasteiger partial charge in [0.1, 0.15) is 11.5 Å². The number of carbonyl (C=O) groups excluding carboxylic acids is 2. The third-order valence-corrected chi connectivity index (χ3v) is 4.44. The van der Waals surface area contributed by atoms with Gasteiger partial charge in [0, 0.05) is 4.47 Å². The molecule has 2 N–H and O–H groups in total. The van der Waals surface area contributed by atoms with Gasteiger partial charge in [-0.3, -0.25) is 9.59 Å². The lowest BCUT2D eigenvalue weighted by Crippen LogP contribution is -2.26. The van der Waals surface area contributed by atoms with E-state index < -0.39 is 0 Å². The van der Waals surface area contributed by atoms with Crippen LogP contribution in [0.4, 0.5) is 5.69 Å². The van der Waals surface area contributed by atoms with E-state index in [-0.39, 0.29) is 25.0 Å². The second-order valence-electron chi connectivity index (χ2n) is 6.05. The van der Waals surface area contributed by atoms with Crippen LogP contribution in [-0.4, -0.2) is 18.4 Å². The van der Waals surface area contributed by atoms with Crippen molar-refractivity contribution in [3.63, 3.8) is 0 Å². The Hall–Kier alpha value is -3.06. The summed E-state index contributed by atoms with van der Waals surface area (Å²) < 4.78 is 11.7. The summed E-state index contributed by atoms with van der Waals surface area (Å²) in [5.74, 6) is 0.613. The molecule has 0 aliphatic heterocycles. The molecule has 0 unspecified atom stereocenters. The molecule has 1 aromatic heterocycles. The predicted octanol–water partition coefficient (Wildman–Crippen LogP) is 4.30. The smallest absolute Gasteiger partial charge is 0.262 e. The Morgan fingerprint density at radius 3 is 2.68 bits per heavy atom. The van der Waals surface area contributed by atoms with Crippen LogP contribution in [0, 0.1) is 6.92 Å². The van der Waals surface area contributed by atoms with Gasteiger partial charge < -0.3 is 19.8 Å². The van der Waals surface area contributed by atoms with Crippen molar-refractivity contribution in [2.75, 3.05) is 11.9 Å². The topological polar surface area (TPSA) is 80.6 Å². The van der Waals surface area contributed by atoms with Crippen molar-refractivity contribution in [2.24, 2.45) is 0 Å². The molecule has 6 nitrogen and oxygen atoms in total.